The van der Waals surface area contributed by atoms with Crippen LogP contribution in [0, 0.1) is 0 Å². The first-order valence-corrected chi connectivity index (χ1v) is 8.65. The van der Waals surface area contributed by atoms with Crippen LogP contribution in [0.25, 0.3) is 5.65 Å². The maximum Gasteiger partial charge on any atom is 0.317 e. The highest BCUT2D eigenvalue weighted by atomic mass is 32.1. The van der Waals surface area contributed by atoms with Crippen molar-refractivity contribution in [2.75, 3.05) is 19.7 Å². The quantitative estimate of drug-likeness (QED) is 0.790. The highest BCUT2D eigenvalue weighted by molar-refractivity contribution is 7.10. The number of aromatic nitrogens is 3. The topological polar surface area (TPSA) is 71.8 Å². The molecule has 4 rings (SSSR count). The van der Waals surface area contributed by atoms with E-state index in [9.17, 15) is 4.79 Å². The first kappa shape index (κ1) is 15.1. The van der Waals surface area contributed by atoms with Crippen LogP contribution < -0.4 is 5.32 Å². The molecule has 3 aromatic rings. The standard InChI is InChI=1S/C16H17N5O2S/c22-16(17-10-15-19-18-14-5-1-2-6-21(14)15)20-7-8-23-12(11-20)13-4-3-9-24-13/h1-6,9,12H,7-8,10-11H2,(H,17,22)/t12-/m0/s1. The number of nitrogens with one attached hydrogen (secondary N) is 1. The van der Waals surface area contributed by atoms with Crippen molar-refractivity contribution >= 4 is 23.0 Å². The zero-order valence-electron chi connectivity index (χ0n) is 13.0. The third kappa shape index (κ3) is 2.98. The number of amides is 2. The van der Waals surface area contributed by atoms with Gasteiger partial charge in [-0.25, -0.2) is 4.79 Å². The van der Waals surface area contributed by atoms with E-state index >= 15 is 0 Å². The Bertz CT molecular complexity index is 832. The number of ether oxygens (including phenoxy) is 1. The Kier molecular flexibility index (Phi) is 4.14. The van der Waals surface area contributed by atoms with Crippen molar-refractivity contribution in [3.8, 4) is 0 Å². The molecule has 1 saturated heterocycles. The molecule has 0 aromatic carbocycles. The Labute approximate surface area is 142 Å². The number of nitrogens with zero attached hydrogens (tertiary/aromatic N) is 4. The summed E-state index contributed by atoms with van der Waals surface area (Å²) in [7, 11) is 0. The molecule has 0 spiro atoms. The lowest BCUT2D eigenvalue weighted by Gasteiger charge is -2.32. The van der Waals surface area contributed by atoms with Crippen LogP contribution in [0.2, 0.25) is 0 Å². The summed E-state index contributed by atoms with van der Waals surface area (Å²) in [6.07, 6.45) is 1.84. The molecule has 4 heterocycles. The summed E-state index contributed by atoms with van der Waals surface area (Å²) in [5.74, 6) is 0.710. The van der Waals surface area contributed by atoms with E-state index in [1.807, 2.05) is 46.3 Å². The van der Waals surface area contributed by atoms with Crippen LogP contribution in [-0.2, 0) is 11.3 Å². The molecule has 0 bridgehead atoms. The van der Waals surface area contributed by atoms with Crippen molar-refractivity contribution in [1.82, 2.24) is 24.8 Å². The maximum atomic E-state index is 12.4. The number of rotatable bonds is 3. The van der Waals surface area contributed by atoms with Crippen molar-refractivity contribution in [2.45, 2.75) is 12.6 Å². The lowest BCUT2D eigenvalue weighted by Crippen LogP contribution is -2.47. The normalized spacial score (nSPS) is 18.0. The number of fused-ring (bicyclic) bond motifs is 1. The average molecular weight is 343 g/mol. The lowest BCUT2D eigenvalue weighted by atomic mass is 10.2. The molecule has 2 amide bonds. The molecule has 1 fully saturated rings. The summed E-state index contributed by atoms with van der Waals surface area (Å²) in [6, 6.07) is 9.64. The molecule has 3 aromatic heterocycles. The molecular formula is C16H17N5O2S. The van der Waals surface area contributed by atoms with E-state index in [4.69, 9.17) is 4.74 Å². The summed E-state index contributed by atoms with van der Waals surface area (Å²) in [4.78, 5) is 15.4. The van der Waals surface area contributed by atoms with Crippen molar-refractivity contribution in [3.63, 3.8) is 0 Å². The summed E-state index contributed by atoms with van der Waals surface area (Å²) >= 11 is 1.65. The van der Waals surface area contributed by atoms with Crippen LogP contribution in [0.3, 0.4) is 0 Å². The van der Waals surface area contributed by atoms with Gasteiger partial charge in [-0.2, -0.15) is 0 Å². The van der Waals surface area contributed by atoms with Gasteiger partial charge in [-0.1, -0.05) is 12.1 Å². The number of carbonyl (C=O) groups is 1. The molecular weight excluding hydrogens is 326 g/mol. The summed E-state index contributed by atoms with van der Waals surface area (Å²) in [6.45, 7) is 2.04. The molecule has 24 heavy (non-hydrogen) atoms. The first-order valence-electron chi connectivity index (χ1n) is 7.78. The summed E-state index contributed by atoms with van der Waals surface area (Å²) in [5.41, 5.74) is 0.769. The van der Waals surface area contributed by atoms with Gasteiger partial charge in [0, 0.05) is 17.6 Å². The smallest absolute Gasteiger partial charge is 0.317 e. The van der Waals surface area contributed by atoms with E-state index in [2.05, 4.69) is 15.5 Å². The lowest BCUT2D eigenvalue weighted by molar-refractivity contribution is -0.0136. The summed E-state index contributed by atoms with van der Waals surface area (Å²) < 4.78 is 7.64. The Morgan fingerprint density at radius 1 is 1.33 bits per heavy atom. The Balaban J connectivity index is 1.39. The number of hydrogen-bond donors (Lipinski definition) is 1. The monoisotopic (exact) mass is 343 g/mol. The van der Waals surface area contributed by atoms with Crippen LogP contribution in [0.4, 0.5) is 4.79 Å². The Hall–Kier alpha value is -2.45. The van der Waals surface area contributed by atoms with Gasteiger partial charge in [0.25, 0.3) is 0 Å². The third-order valence-corrected chi connectivity index (χ3v) is 4.96. The maximum absolute atomic E-state index is 12.4. The minimum Gasteiger partial charge on any atom is -0.369 e. The highest BCUT2D eigenvalue weighted by Crippen LogP contribution is 2.25. The largest absolute Gasteiger partial charge is 0.369 e. The number of urea groups is 1. The van der Waals surface area contributed by atoms with Gasteiger partial charge in [0.2, 0.25) is 0 Å². The molecule has 0 aliphatic carbocycles. The molecule has 0 unspecified atom stereocenters. The van der Waals surface area contributed by atoms with Gasteiger partial charge < -0.3 is 15.0 Å². The number of thiophene rings is 1. The van der Waals surface area contributed by atoms with E-state index in [-0.39, 0.29) is 12.1 Å². The van der Waals surface area contributed by atoms with E-state index < -0.39 is 0 Å². The van der Waals surface area contributed by atoms with E-state index in [1.165, 1.54) is 0 Å². The van der Waals surface area contributed by atoms with Gasteiger partial charge in [0.05, 0.1) is 19.7 Å². The Morgan fingerprint density at radius 3 is 3.17 bits per heavy atom. The second-order valence-electron chi connectivity index (χ2n) is 5.52. The van der Waals surface area contributed by atoms with E-state index in [1.54, 1.807) is 16.2 Å². The van der Waals surface area contributed by atoms with Gasteiger partial charge in [-0.05, 0) is 23.6 Å². The molecule has 1 N–H and O–H groups in total. The van der Waals surface area contributed by atoms with Gasteiger partial charge in [0.1, 0.15) is 6.10 Å². The zero-order chi connectivity index (χ0) is 16.4. The molecule has 7 nitrogen and oxygen atoms in total. The molecule has 1 aliphatic heterocycles. The van der Waals surface area contributed by atoms with Crippen LogP contribution in [-0.4, -0.2) is 45.2 Å². The molecule has 8 heteroatoms. The van der Waals surface area contributed by atoms with Crippen molar-refractivity contribution in [2.24, 2.45) is 0 Å². The van der Waals surface area contributed by atoms with Crippen molar-refractivity contribution in [1.29, 1.82) is 0 Å². The molecule has 1 atom stereocenters. The number of hydrogen-bond acceptors (Lipinski definition) is 5. The number of morpholine rings is 1. The first-order chi connectivity index (χ1) is 11.8. The molecule has 124 valence electrons. The van der Waals surface area contributed by atoms with Crippen LogP contribution in [0.5, 0.6) is 0 Å². The zero-order valence-corrected chi connectivity index (χ0v) is 13.8. The van der Waals surface area contributed by atoms with Crippen molar-refractivity contribution in [3.05, 3.63) is 52.6 Å². The van der Waals surface area contributed by atoms with Crippen molar-refractivity contribution < 1.29 is 9.53 Å². The minimum absolute atomic E-state index is 0.0431. The summed E-state index contributed by atoms with van der Waals surface area (Å²) in [5, 5.41) is 13.2. The molecule has 0 radical (unpaired) electrons. The SMILES string of the molecule is O=C(NCc1nnc2ccccn12)N1CCO[C@H](c2cccs2)C1. The van der Waals surface area contributed by atoms with Gasteiger partial charge in [-0.3, -0.25) is 4.40 Å². The van der Waals surface area contributed by atoms with Crippen LogP contribution in [0.1, 0.15) is 16.8 Å². The number of pyridine rings is 1. The van der Waals surface area contributed by atoms with E-state index in [0.29, 0.717) is 32.1 Å². The second-order valence-corrected chi connectivity index (χ2v) is 6.50. The number of carbonyl (C=O) groups excluding carboxylic acids is 1. The van der Waals surface area contributed by atoms with Gasteiger partial charge >= 0.3 is 6.03 Å². The van der Waals surface area contributed by atoms with E-state index in [0.717, 1.165) is 10.5 Å². The van der Waals surface area contributed by atoms with Crippen LogP contribution in [0.15, 0.2) is 41.9 Å². The Morgan fingerprint density at radius 2 is 2.29 bits per heavy atom. The second kappa shape index (κ2) is 6.58. The fourth-order valence-corrected chi connectivity index (χ4v) is 3.52. The average Bonchev–Trinajstić information content (AvgIpc) is 3.30. The molecule has 1 aliphatic rings. The van der Waals surface area contributed by atoms with Gasteiger partial charge in [-0.15, -0.1) is 21.5 Å². The predicted octanol–water partition coefficient (Wildman–Crippen LogP) is 2.07. The fraction of sp³-hybridized carbons (Fsp3) is 0.312. The minimum atomic E-state index is -0.104. The highest BCUT2D eigenvalue weighted by Gasteiger charge is 2.26. The predicted molar refractivity (Wildman–Crippen MR) is 89.8 cm³/mol. The van der Waals surface area contributed by atoms with Crippen LogP contribution >= 0.6 is 11.3 Å². The van der Waals surface area contributed by atoms with Gasteiger partial charge in [0.15, 0.2) is 11.5 Å². The molecule has 0 saturated carbocycles. The third-order valence-electron chi connectivity index (χ3n) is 4.00. The fourth-order valence-electron chi connectivity index (χ4n) is 2.76.